The van der Waals surface area contributed by atoms with E-state index in [0.29, 0.717) is 5.92 Å². The lowest BCUT2D eigenvalue weighted by Gasteiger charge is -2.17. The minimum Gasteiger partial charge on any atom is -0.481 e. The first kappa shape index (κ1) is 17.5. The Balaban J connectivity index is 2.53. The SMILES string of the molecule is CC(C)CNCc1cccc(OC(C)C(=O)NC(C)C)c1. The number of hydrogen-bond donors (Lipinski definition) is 2. The zero-order valence-electron chi connectivity index (χ0n) is 13.8. The Labute approximate surface area is 128 Å². The summed E-state index contributed by atoms with van der Waals surface area (Å²) in [5, 5.41) is 6.24. The van der Waals surface area contributed by atoms with E-state index >= 15 is 0 Å². The highest BCUT2D eigenvalue weighted by Gasteiger charge is 2.15. The maximum Gasteiger partial charge on any atom is 0.260 e. The molecule has 0 spiro atoms. The van der Waals surface area contributed by atoms with Crippen LogP contribution in [0.2, 0.25) is 0 Å². The van der Waals surface area contributed by atoms with Crippen molar-refractivity contribution in [2.45, 2.75) is 53.3 Å². The van der Waals surface area contributed by atoms with Crippen LogP contribution in [0.25, 0.3) is 0 Å². The number of carbonyl (C=O) groups is 1. The van der Waals surface area contributed by atoms with Crippen LogP contribution in [0, 0.1) is 5.92 Å². The van der Waals surface area contributed by atoms with Crippen LogP contribution in [0.1, 0.15) is 40.2 Å². The molecule has 0 aliphatic heterocycles. The van der Waals surface area contributed by atoms with E-state index in [1.807, 2.05) is 32.0 Å². The molecule has 0 fully saturated rings. The lowest BCUT2D eigenvalue weighted by Crippen LogP contribution is -2.40. The lowest BCUT2D eigenvalue weighted by atomic mass is 10.2. The Morgan fingerprint density at radius 2 is 1.90 bits per heavy atom. The van der Waals surface area contributed by atoms with Crippen molar-refractivity contribution in [3.05, 3.63) is 29.8 Å². The first-order valence-corrected chi connectivity index (χ1v) is 7.65. The molecule has 4 nitrogen and oxygen atoms in total. The molecule has 0 saturated carbocycles. The third-order valence-electron chi connectivity index (χ3n) is 2.89. The molecule has 0 bridgehead atoms. The molecule has 1 amide bonds. The Bertz CT molecular complexity index is 444. The number of amides is 1. The Hall–Kier alpha value is -1.55. The van der Waals surface area contributed by atoms with Gasteiger partial charge in [0.15, 0.2) is 6.10 Å². The van der Waals surface area contributed by atoms with E-state index in [1.54, 1.807) is 6.92 Å². The molecule has 4 heteroatoms. The van der Waals surface area contributed by atoms with Gasteiger partial charge in [0.2, 0.25) is 0 Å². The molecule has 0 heterocycles. The molecule has 1 atom stereocenters. The van der Waals surface area contributed by atoms with Gasteiger partial charge in [-0.15, -0.1) is 0 Å². The third-order valence-corrected chi connectivity index (χ3v) is 2.89. The normalized spacial score (nSPS) is 12.5. The summed E-state index contributed by atoms with van der Waals surface area (Å²) in [7, 11) is 0. The van der Waals surface area contributed by atoms with Crippen molar-refractivity contribution in [3.8, 4) is 5.75 Å². The summed E-state index contributed by atoms with van der Waals surface area (Å²) in [6.45, 7) is 11.8. The second-order valence-electron chi connectivity index (χ2n) is 6.10. The van der Waals surface area contributed by atoms with Gasteiger partial charge in [-0.25, -0.2) is 0 Å². The number of carbonyl (C=O) groups excluding carboxylic acids is 1. The van der Waals surface area contributed by atoms with Crippen molar-refractivity contribution in [1.29, 1.82) is 0 Å². The molecule has 1 rings (SSSR count). The highest BCUT2D eigenvalue weighted by atomic mass is 16.5. The summed E-state index contributed by atoms with van der Waals surface area (Å²) in [6.07, 6.45) is -0.494. The summed E-state index contributed by atoms with van der Waals surface area (Å²) in [6, 6.07) is 7.99. The van der Waals surface area contributed by atoms with Gasteiger partial charge in [0.05, 0.1) is 0 Å². The second kappa shape index (κ2) is 8.67. The molecule has 2 N–H and O–H groups in total. The maximum absolute atomic E-state index is 11.8. The van der Waals surface area contributed by atoms with Crippen molar-refractivity contribution in [2.24, 2.45) is 5.92 Å². The van der Waals surface area contributed by atoms with Crippen LogP contribution < -0.4 is 15.4 Å². The lowest BCUT2D eigenvalue weighted by molar-refractivity contribution is -0.127. The van der Waals surface area contributed by atoms with Gasteiger partial charge in [-0.1, -0.05) is 26.0 Å². The summed E-state index contributed by atoms with van der Waals surface area (Å²) in [4.78, 5) is 11.8. The predicted octanol–water partition coefficient (Wildman–Crippen LogP) is 2.72. The van der Waals surface area contributed by atoms with Gasteiger partial charge < -0.3 is 15.4 Å². The summed E-state index contributed by atoms with van der Waals surface area (Å²) in [5.74, 6) is 1.27. The molecule has 1 unspecified atom stereocenters. The zero-order valence-corrected chi connectivity index (χ0v) is 13.8. The minimum absolute atomic E-state index is 0.0895. The van der Waals surface area contributed by atoms with E-state index in [9.17, 15) is 4.79 Å². The van der Waals surface area contributed by atoms with Gasteiger partial charge in [0.25, 0.3) is 5.91 Å². The molecule has 21 heavy (non-hydrogen) atoms. The number of nitrogens with one attached hydrogen (secondary N) is 2. The maximum atomic E-state index is 11.8. The van der Waals surface area contributed by atoms with Crippen LogP contribution in [-0.2, 0) is 11.3 Å². The van der Waals surface area contributed by atoms with E-state index in [0.717, 1.165) is 24.4 Å². The van der Waals surface area contributed by atoms with Crippen molar-refractivity contribution in [2.75, 3.05) is 6.54 Å². The Morgan fingerprint density at radius 1 is 1.19 bits per heavy atom. The van der Waals surface area contributed by atoms with Crippen LogP contribution in [-0.4, -0.2) is 24.6 Å². The quantitative estimate of drug-likeness (QED) is 0.774. The molecule has 0 aliphatic carbocycles. The fraction of sp³-hybridized carbons (Fsp3) is 0.588. The van der Waals surface area contributed by atoms with E-state index < -0.39 is 6.10 Å². The van der Waals surface area contributed by atoms with E-state index in [1.165, 1.54) is 0 Å². The molecular weight excluding hydrogens is 264 g/mol. The number of benzene rings is 1. The van der Waals surface area contributed by atoms with E-state index in [4.69, 9.17) is 4.74 Å². The summed E-state index contributed by atoms with van der Waals surface area (Å²) in [5.41, 5.74) is 1.16. The van der Waals surface area contributed by atoms with Crippen molar-refractivity contribution < 1.29 is 9.53 Å². The largest absolute Gasteiger partial charge is 0.481 e. The van der Waals surface area contributed by atoms with Crippen LogP contribution >= 0.6 is 0 Å². The fourth-order valence-corrected chi connectivity index (χ4v) is 1.89. The highest BCUT2D eigenvalue weighted by Crippen LogP contribution is 2.15. The number of ether oxygens (including phenoxy) is 1. The second-order valence-corrected chi connectivity index (χ2v) is 6.10. The standard InChI is InChI=1S/C17H28N2O2/c1-12(2)10-18-11-15-7-6-8-16(9-15)21-14(5)17(20)19-13(3)4/h6-9,12-14,18H,10-11H2,1-5H3,(H,19,20). The summed E-state index contributed by atoms with van der Waals surface area (Å²) < 4.78 is 5.71. The summed E-state index contributed by atoms with van der Waals surface area (Å²) >= 11 is 0. The zero-order chi connectivity index (χ0) is 15.8. The van der Waals surface area contributed by atoms with Gasteiger partial charge in [0.1, 0.15) is 5.75 Å². The Morgan fingerprint density at radius 3 is 2.52 bits per heavy atom. The Kier molecular flexibility index (Phi) is 7.23. The van der Waals surface area contributed by atoms with Crippen LogP contribution in [0.3, 0.4) is 0 Å². The molecule has 0 aliphatic rings. The highest BCUT2D eigenvalue weighted by molar-refractivity contribution is 5.80. The first-order valence-electron chi connectivity index (χ1n) is 7.65. The average molecular weight is 292 g/mol. The monoisotopic (exact) mass is 292 g/mol. The molecule has 0 radical (unpaired) electrons. The smallest absolute Gasteiger partial charge is 0.260 e. The van der Waals surface area contributed by atoms with Gasteiger partial charge in [-0.05, 0) is 50.9 Å². The van der Waals surface area contributed by atoms with E-state index in [-0.39, 0.29) is 11.9 Å². The average Bonchev–Trinajstić information content (AvgIpc) is 2.37. The number of rotatable bonds is 8. The van der Waals surface area contributed by atoms with E-state index in [2.05, 4.69) is 30.5 Å². The minimum atomic E-state index is -0.494. The molecular formula is C17H28N2O2. The molecule has 118 valence electrons. The van der Waals surface area contributed by atoms with Crippen molar-refractivity contribution in [3.63, 3.8) is 0 Å². The molecule has 1 aromatic carbocycles. The first-order chi connectivity index (χ1) is 9.88. The third kappa shape index (κ3) is 7.14. The van der Waals surface area contributed by atoms with Crippen molar-refractivity contribution in [1.82, 2.24) is 10.6 Å². The molecule has 0 aromatic heterocycles. The predicted molar refractivity (Wildman–Crippen MR) is 86.4 cm³/mol. The van der Waals surface area contributed by atoms with Gasteiger partial charge >= 0.3 is 0 Å². The van der Waals surface area contributed by atoms with Gasteiger partial charge in [0, 0.05) is 12.6 Å². The topological polar surface area (TPSA) is 50.4 Å². The molecule has 1 aromatic rings. The van der Waals surface area contributed by atoms with Gasteiger partial charge in [-0.2, -0.15) is 0 Å². The fourth-order valence-electron chi connectivity index (χ4n) is 1.89. The van der Waals surface area contributed by atoms with Gasteiger partial charge in [-0.3, -0.25) is 4.79 Å². The number of hydrogen-bond acceptors (Lipinski definition) is 3. The van der Waals surface area contributed by atoms with Crippen molar-refractivity contribution >= 4 is 5.91 Å². The molecule has 0 saturated heterocycles. The van der Waals surface area contributed by atoms with Crippen LogP contribution in [0.5, 0.6) is 5.75 Å². The van der Waals surface area contributed by atoms with Crippen LogP contribution in [0.4, 0.5) is 0 Å². The van der Waals surface area contributed by atoms with Crippen LogP contribution in [0.15, 0.2) is 24.3 Å².